The fourth-order valence-electron chi connectivity index (χ4n) is 3.33. The molecule has 0 fully saturated rings. The second-order valence-electron chi connectivity index (χ2n) is 7.49. The van der Waals surface area contributed by atoms with Gasteiger partial charge in [-0.25, -0.2) is 14.6 Å². The summed E-state index contributed by atoms with van der Waals surface area (Å²) in [6.45, 7) is 4.53. The van der Waals surface area contributed by atoms with Gasteiger partial charge < -0.3 is 14.6 Å². The van der Waals surface area contributed by atoms with Gasteiger partial charge in [-0.1, -0.05) is 26.0 Å². The minimum atomic E-state index is -0.929. The van der Waals surface area contributed by atoms with Gasteiger partial charge in [0.1, 0.15) is 6.07 Å². The summed E-state index contributed by atoms with van der Waals surface area (Å²) in [6.07, 6.45) is 6.11. The number of para-hydroxylation sites is 1. The average molecular weight is 435 g/mol. The zero-order valence-electron chi connectivity index (χ0n) is 18.3. The maximum atomic E-state index is 11.2. The van der Waals surface area contributed by atoms with Gasteiger partial charge in [0.05, 0.1) is 43.8 Å². The van der Waals surface area contributed by atoms with E-state index in [0.29, 0.717) is 48.0 Å². The number of aromatic nitrogens is 4. The number of carboxylic acid groups (broad SMARTS) is 1. The standard InChI is InChI=1S/C23H25N5O4/c1-15(2)21-18(14-28(27-21)23-25-12-16(11-24)13-26-23)7-5-9-32-22-17(10-20(29)30)6-4-8-19(22)31-3/h4,6,8,12-15H,5,7,9-10H2,1-3H3,(H,29,30). The number of aryl methyl sites for hydroxylation is 1. The molecule has 0 radical (unpaired) electrons. The Labute approximate surface area is 186 Å². The van der Waals surface area contributed by atoms with Gasteiger partial charge in [-0.3, -0.25) is 4.79 Å². The first-order valence-electron chi connectivity index (χ1n) is 10.2. The number of nitrogens with zero attached hydrogens (tertiary/aromatic N) is 5. The smallest absolute Gasteiger partial charge is 0.307 e. The zero-order chi connectivity index (χ0) is 23.1. The lowest BCUT2D eigenvalue weighted by atomic mass is 10.0. The molecule has 0 atom stereocenters. The maximum Gasteiger partial charge on any atom is 0.307 e. The summed E-state index contributed by atoms with van der Waals surface area (Å²) >= 11 is 0. The summed E-state index contributed by atoms with van der Waals surface area (Å²) in [7, 11) is 1.53. The molecule has 3 aromatic rings. The van der Waals surface area contributed by atoms with Crippen molar-refractivity contribution in [2.45, 2.75) is 39.0 Å². The van der Waals surface area contributed by atoms with Crippen LogP contribution in [0.5, 0.6) is 11.5 Å². The molecular weight excluding hydrogens is 410 g/mol. The van der Waals surface area contributed by atoms with Gasteiger partial charge in [0.25, 0.3) is 5.95 Å². The van der Waals surface area contributed by atoms with Crippen LogP contribution < -0.4 is 9.47 Å². The molecule has 2 heterocycles. The fraction of sp³-hybridized carbons (Fsp3) is 0.348. The van der Waals surface area contributed by atoms with E-state index in [1.165, 1.54) is 19.5 Å². The lowest BCUT2D eigenvalue weighted by Gasteiger charge is -2.14. The topological polar surface area (TPSA) is 123 Å². The van der Waals surface area contributed by atoms with Gasteiger partial charge in [-0.2, -0.15) is 10.4 Å². The largest absolute Gasteiger partial charge is 0.493 e. The van der Waals surface area contributed by atoms with E-state index in [4.69, 9.17) is 19.8 Å². The third-order valence-corrected chi connectivity index (χ3v) is 4.80. The molecule has 0 saturated heterocycles. The first kappa shape index (κ1) is 22.7. The summed E-state index contributed by atoms with van der Waals surface area (Å²) in [5.41, 5.74) is 2.97. The van der Waals surface area contributed by atoms with E-state index in [-0.39, 0.29) is 12.3 Å². The van der Waals surface area contributed by atoms with E-state index in [1.807, 2.05) is 12.3 Å². The number of aliphatic carboxylic acids is 1. The summed E-state index contributed by atoms with van der Waals surface area (Å²) in [5, 5.41) is 22.7. The highest BCUT2D eigenvalue weighted by atomic mass is 16.5. The Morgan fingerprint density at radius 1 is 1.25 bits per heavy atom. The molecule has 0 aliphatic heterocycles. The quantitative estimate of drug-likeness (QED) is 0.481. The second-order valence-corrected chi connectivity index (χ2v) is 7.49. The van der Waals surface area contributed by atoms with Crippen molar-refractivity contribution in [3.63, 3.8) is 0 Å². The number of carbonyl (C=O) groups is 1. The molecule has 1 N–H and O–H groups in total. The van der Waals surface area contributed by atoms with Gasteiger partial charge in [-0.15, -0.1) is 0 Å². The number of rotatable bonds is 10. The third-order valence-electron chi connectivity index (χ3n) is 4.80. The van der Waals surface area contributed by atoms with Crippen molar-refractivity contribution in [1.82, 2.24) is 19.7 Å². The summed E-state index contributed by atoms with van der Waals surface area (Å²) in [4.78, 5) is 19.6. The highest BCUT2D eigenvalue weighted by Crippen LogP contribution is 2.32. The van der Waals surface area contributed by atoms with Crippen LogP contribution in [-0.2, 0) is 17.6 Å². The first-order chi connectivity index (χ1) is 15.4. The molecule has 1 aromatic carbocycles. The minimum Gasteiger partial charge on any atom is -0.493 e. The molecule has 0 unspecified atom stereocenters. The molecule has 0 saturated carbocycles. The Bertz CT molecular complexity index is 1120. The van der Waals surface area contributed by atoms with E-state index >= 15 is 0 Å². The summed E-state index contributed by atoms with van der Waals surface area (Å²) in [5.74, 6) is 0.658. The molecule has 9 nitrogen and oxygen atoms in total. The van der Waals surface area contributed by atoms with Crippen molar-refractivity contribution in [2.75, 3.05) is 13.7 Å². The van der Waals surface area contributed by atoms with E-state index in [2.05, 4.69) is 28.9 Å². The van der Waals surface area contributed by atoms with Crippen molar-refractivity contribution in [1.29, 1.82) is 5.26 Å². The van der Waals surface area contributed by atoms with Crippen molar-refractivity contribution >= 4 is 5.97 Å². The van der Waals surface area contributed by atoms with Gasteiger partial charge in [0, 0.05) is 11.8 Å². The van der Waals surface area contributed by atoms with Crippen molar-refractivity contribution in [3.05, 3.63) is 59.2 Å². The molecule has 0 aliphatic rings. The van der Waals surface area contributed by atoms with E-state index in [9.17, 15) is 4.79 Å². The number of nitriles is 1. The van der Waals surface area contributed by atoms with Gasteiger partial charge in [0.2, 0.25) is 0 Å². The number of carboxylic acids is 1. The lowest BCUT2D eigenvalue weighted by Crippen LogP contribution is -2.07. The van der Waals surface area contributed by atoms with Crippen LogP contribution in [0.3, 0.4) is 0 Å². The Kier molecular flexibility index (Phi) is 7.39. The normalized spacial score (nSPS) is 10.7. The average Bonchev–Trinajstić information content (AvgIpc) is 3.21. The van der Waals surface area contributed by atoms with Crippen LogP contribution in [0.4, 0.5) is 0 Å². The van der Waals surface area contributed by atoms with E-state index < -0.39 is 5.97 Å². The van der Waals surface area contributed by atoms with E-state index in [0.717, 1.165) is 11.3 Å². The van der Waals surface area contributed by atoms with Crippen LogP contribution in [0.15, 0.2) is 36.8 Å². The minimum absolute atomic E-state index is 0.138. The molecule has 32 heavy (non-hydrogen) atoms. The number of hydrogen-bond donors (Lipinski definition) is 1. The van der Waals surface area contributed by atoms with Crippen LogP contribution in [-0.4, -0.2) is 44.5 Å². The van der Waals surface area contributed by atoms with Crippen molar-refractivity contribution in [2.24, 2.45) is 0 Å². The van der Waals surface area contributed by atoms with Crippen LogP contribution in [0, 0.1) is 11.3 Å². The molecule has 0 bridgehead atoms. The predicted octanol–water partition coefficient (Wildman–Crippen LogP) is 3.30. The molecular formula is C23H25N5O4. The SMILES string of the molecule is COc1cccc(CC(=O)O)c1OCCCc1cn(-c2ncc(C#N)cn2)nc1C(C)C. The monoisotopic (exact) mass is 435 g/mol. The first-order valence-corrected chi connectivity index (χ1v) is 10.2. The van der Waals surface area contributed by atoms with Crippen molar-refractivity contribution in [3.8, 4) is 23.5 Å². The Morgan fingerprint density at radius 2 is 2.00 bits per heavy atom. The highest BCUT2D eigenvalue weighted by molar-refractivity contribution is 5.72. The maximum absolute atomic E-state index is 11.2. The van der Waals surface area contributed by atoms with Crippen LogP contribution >= 0.6 is 0 Å². The summed E-state index contributed by atoms with van der Waals surface area (Å²) in [6, 6.07) is 7.22. The van der Waals surface area contributed by atoms with Crippen LogP contribution in [0.1, 0.15) is 48.6 Å². The molecule has 2 aromatic heterocycles. The lowest BCUT2D eigenvalue weighted by molar-refractivity contribution is -0.136. The molecule has 3 rings (SSSR count). The van der Waals surface area contributed by atoms with Gasteiger partial charge >= 0.3 is 5.97 Å². The number of ether oxygens (including phenoxy) is 2. The molecule has 166 valence electrons. The van der Waals surface area contributed by atoms with Gasteiger partial charge in [-0.05, 0) is 30.4 Å². The number of methoxy groups -OCH3 is 1. The third kappa shape index (κ3) is 5.40. The zero-order valence-corrected chi connectivity index (χ0v) is 18.3. The Morgan fingerprint density at radius 3 is 2.62 bits per heavy atom. The van der Waals surface area contributed by atoms with Crippen LogP contribution in [0.25, 0.3) is 5.95 Å². The predicted molar refractivity (Wildman–Crippen MR) is 116 cm³/mol. The highest BCUT2D eigenvalue weighted by Gasteiger charge is 2.16. The molecule has 0 aliphatic carbocycles. The van der Waals surface area contributed by atoms with E-state index in [1.54, 1.807) is 22.9 Å². The summed E-state index contributed by atoms with van der Waals surface area (Å²) < 4.78 is 12.9. The molecule has 0 spiro atoms. The number of benzene rings is 1. The Hall–Kier alpha value is -3.93. The number of hydrogen-bond acceptors (Lipinski definition) is 7. The molecule has 9 heteroatoms. The van der Waals surface area contributed by atoms with Gasteiger partial charge in [0.15, 0.2) is 11.5 Å². The molecule has 0 amide bonds. The second kappa shape index (κ2) is 10.4. The van der Waals surface area contributed by atoms with Crippen molar-refractivity contribution < 1.29 is 19.4 Å². The Balaban J connectivity index is 1.70. The fourth-order valence-corrected chi connectivity index (χ4v) is 3.33. The van der Waals surface area contributed by atoms with Crippen LogP contribution in [0.2, 0.25) is 0 Å².